The lowest BCUT2D eigenvalue weighted by molar-refractivity contribution is 0.342. The van der Waals surface area contributed by atoms with Crippen molar-refractivity contribution in [2.75, 3.05) is 0 Å². The first kappa shape index (κ1) is 11.7. The van der Waals surface area contributed by atoms with Gasteiger partial charge < -0.3 is 11.1 Å². The Balaban J connectivity index is 1.50. The molecule has 0 bridgehead atoms. The molecule has 1 heterocycles. The molecule has 0 aromatic carbocycles. The summed E-state index contributed by atoms with van der Waals surface area (Å²) >= 11 is 2.02. The Labute approximate surface area is 108 Å². The van der Waals surface area contributed by atoms with Crippen molar-refractivity contribution < 1.29 is 0 Å². The highest BCUT2D eigenvalue weighted by atomic mass is 32.1. The van der Waals surface area contributed by atoms with E-state index in [4.69, 9.17) is 5.73 Å². The van der Waals surface area contributed by atoms with Crippen LogP contribution < -0.4 is 11.1 Å². The van der Waals surface area contributed by atoms with E-state index in [0.29, 0.717) is 12.1 Å². The van der Waals surface area contributed by atoms with Crippen molar-refractivity contribution in [1.82, 2.24) is 5.32 Å². The highest BCUT2D eigenvalue weighted by Crippen LogP contribution is 2.30. The van der Waals surface area contributed by atoms with Crippen LogP contribution in [0, 0.1) is 0 Å². The smallest absolute Gasteiger partial charge is 0.0302 e. The molecule has 1 fully saturated rings. The molecule has 1 saturated carbocycles. The normalized spacial score (nSPS) is 28.3. The molecule has 3 N–H and O–H groups in total. The Morgan fingerprint density at radius 1 is 1.24 bits per heavy atom. The molecule has 17 heavy (non-hydrogen) atoms. The van der Waals surface area contributed by atoms with E-state index in [2.05, 4.69) is 11.4 Å². The van der Waals surface area contributed by atoms with Gasteiger partial charge in [-0.1, -0.05) is 0 Å². The number of nitrogens with one attached hydrogen (secondary N) is 1. The fourth-order valence-electron chi connectivity index (χ4n) is 3.05. The van der Waals surface area contributed by atoms with Crippen LogP contribution in [0.15, 0.2) is 6.07 Å². The van der Waals surface area contributed by atoms with E-state index in [0.717, 1.165) is 6.54 Å². The van der Waals surface area contributed by atoms with Gasteiger partial charge in [0.2, 0.25) is 0 Å². The maximum absolute atomic E-state index is 5.93. The molecule has 1 aromatic rings. The molecule has 2 aliphatic carbocycles. The van der Waals surface area contributed by atoms with Crippen LogP contribution in [0.5, 0.6) is 0 Å². The van der Waals surface area contributed by atoms with Crippen LogP contribution in [0.4, 0.5) is 0 Å². The molecule has 1 aromatic heterocycles. The van der Waals surface area contributed by atoms with Crippen molar-refractivity contribution in [3.63, 3.8) is 0 Å². The monoisotopic (exact) mass is 250 g/mol. The van der Waals surface area contributed by atoms with Crippen molar-refractivity contribution >= 4 is 11.3 Å². The number of nitrogens with two attached hydrogens (primary N) is 1. The van der Waals surface area contributed by atoms with Gasteiger partial charge in [0, 0.05) is 28.4 Å². The molecule has 0 saturated heterocycles. The Morgan fingerprint density at radius 2 is 2.06 bits per heavy atom. The summed E-state index contributed by atoms with van der Waals surface area (Å²) in [5.41, 5.74) is 7.55. The third-order valence-electron chi connectivity index (χ3n) is 4.13. The van der Waals surface area contributed by atoms with Crippen molar-refractivity contribution in [2.45, 2.75) is 63.6 Å². The van der Waals surface area contributed by atoms with Crippen molar-refractivity contribution in [1.29, 1.82) is 0 Å². The summed E-state index contributed by atoms with van der Waals surface area (Å²) in [7, 11) is 0. The van der Waals surface area contributed by atoms with Crippen LogP contribution in [0.2, 0.25) is 0 Å². The molecule has 0 amide bonds. The van der Waals surface area contributed by atoms with Gasteiger partial charge in [-0.3, -0.25) is 0 Å². The fourth-order valence-corrected chi connectivity index (χ4v) is 4.26. The average Bonchev–Trinajstić information content (AvgIpc) is 2.88. The van der Waals surface area contributed by atoms with E-state index in [1.165, 1.54) is 49.8 Å². The summed E-state index contributed by atoms with van der Waals surface area (Å²) < 4.78 is 0. The van der Waals surface area contributed by atoms with Gasteiger partial charge in [0.25, 0.3) is 0 Å². The lowest BCUT2D eigenvalue weighted by atomic mass is 9.92. The van der Waals surface area contributed by atoms with Gasteiger partial charge in [0.05, 0.1) is 0 Å². The molecule has 0 aliphatic heterocycles. The number of rotatable bonds is 3. The molecular formula is C14H22N2S. The van der Waals surface area contributed by atoms with Gasteiger partial charge in [-0.2, -0.15) is 0 Å². The van der Waals surface area contributed by atoms with Gasteiger partial charge >= 0.3 is 0 Å². The lowest BCUT2D eigenvalue weighted by Gasteiger charge is -2.26. The minimum Gasteiger partial charge on any atom is -0.328 e. The second kappa shape index (κ2) is 5.09. The van der Waals surface area contributed by atoms with E-state index >= 15 is 0 Å². The Kier molecular flexibility index (Phi) is 3.50. The zero-order valence-corrected chi connectivity index (χ0v) is 11.2. The van der Waals surface area contributed by atoms with Crippen LogP contribution in [-0.4, -0.2) is 12.1 Å². The molecule has 0 radical (unpaired) electrons. The largest absolute Gasteiger partial charge is 0.328 e. The first-order valence-electron chi connectivity index (χ1n) is 6.90. The van der Waals surface area contributed by atoms with Crippen LogP contribution >= 0.6 is 11.3 Å². The van der Waals surface area contributed by atoms with Crippen molar-refractivity contribution in [3.05, 3.63) is 21.4 Å². The topological polar surface area (TPSA) is 38.0 Å². The van der Waals surface area contributed by atoms with Crippen molar-refractivity contribution in [2.24, 2.45) is 5.73 Å². The Morgan fingerprint density at radius 3 is 2.82 bits per heavy atom. The van der Waals surface area contributed by atoms with Gasteiger partial charge in [-0.05, 0) is 56.6 Å². The average molecular weight is 250 g/mol. The highest BCUT2D eigenvalue weighted by Gasteiger charge is 2.19. The first-order chi connectivity index (χ1) is 8.31. The number of thiophene rings is 1. The van der Waals surface area contributed by atoms with Gasteiger partial charge in [-0.25, -0.2) is 0 Å². The van der Waals surface area contributed by atoms with E-state index in [1.807, 2.05) is 11.3 Å². The number of aryl methyl sites for hydroxylation is 2. The molecule has 2 aliphatic rings. The van der Waals surface area contributed by atoms with Gasteiger partial charge in [0.15, 0.2) is 0 Å². The summed E-state index contributed by atoms with van der Waals surface area (Å²) in [4.78, 5) is 3.18. The molecule has 2 nitrogen and oxygen atoms in total. The van der Waals surface area contributed by atoms with Crippen LogP contribution in [0.3, 0.4) is 0 Å². The summed E-state index contributed by atoms with van der Waals surface area (Å²) in [5, 5.41) is 3.70. The SMILES string of the molecule is NC1CCC(NCc2cc3c(s2)CCC3)CC1. The zero-order chi connectivity index (χ0) is 11.7. The number of fused-ring (bicyclic) bond motifs is 1. The minimum atomic E-state index is 0.457. The third kappa shape index (κ3) is 2.72. The Hall–Kier alpha value is -0.380. The van der Waals surface area contributed by atoms with Crippen molar-refractivity contribution in [3.8, 4) is 0 Å². The Bertz CT molecular complexity index is 356. The number of hydrogen-bond donors (Lipinski definition) is 2. The standard InChI is InChI=1S/C14H22N2S/c15-11-4-6-12(7-5-11)16-9-13-8-10-2-1-3-14(10)17-13/h8,11-12,16H,1-7,9,15H2. The molecule has 3 rings (SSSR count). The predicted octanol–water partition coefficient (Wildman–Crippen LogP) is 2.60. The van der Waals surface area contributed by atoms with E-state index in [-0.39, 0.29) is 0 Å². The molecule has 0 atom stereocenters. The molecule has 0 unspecified atom stereocenters. The molecule has 0 spiro atoms. The first-order valence-corrected chi connectivity index (χ1v) is 7.72. The van der Waals surface area contributed by atoms with Crippen LogP contribution in [-0.2, 0) is 19.4 Å². The van der Waals surface area contributed by atoms with E-state index in [1.54, 1.807) is 10.4 Å². The molecular weight excluding hydrogens is 228 g/mol. The maximum Gasteiger partial charge on any atom is 0.0302 e. The lowest BCUT2D eigenvalue weighted by Crippen LogP contribution is -2.36. The highest BCUT2D eigenvalue weighted by molar-refractivity contribution is 7.12. The third-order valence-corrected chi connectivity index (χ3v) is 5.37. The predicted molar refractivity (Wildman–Crippen MR) is 73.4 cm³/mol. The second-order valence-corrected chi connectivity index (χ2v) is 6.73. The molecule has 94 valence electrons. The quantitative estimate of drug-likeness (QED) is 0.865. The van der Waals surface area contributed by atoms with Crippen LogP contribution in [0.1, 0.15) is 47.4 Å². The van der Waals surface area contributed by atoms with Gasteiger partial charge in [-0.15, -0.1) is 11.3 Å². The minimum absolute atomic E-state index is 0.457. The fraction of sp³-hybridized carbons (Fsp3) is 0.714. The zero-order valence-electron chi connectivity index (χ0n) is 10.4. The summed E-state index contributed by atoms with van der Waals surface area (Å²) in [6.45, 7) is 1.07. The van der Waals surface area contributed by atoms with E-state index in [9.17, 15) is 0 Å². The summed E-state index contributed by atoms with van der Waals surface area (Å²) in [5.74, 6) is 0. The number of hydrogen-bond acceptors (Lipinski definition) is 3. The summed E-state index contributed by atoms with van der Waals surface area (Å²) in [6.07, 6.45) is 8.90. The maximum atomic E-state index is 5.93. The summed E-state index contributed by atoms with van der Waals surface area (Å²) in [6, 6.07) is 3.58. The van der Waals surface area contributed by atoms with Crippen LogP contribution in [0.25, 0.3) is 0 Å². The van der Waals surface area contributed by atoms with E-state index < -0.39 is 0 Å². The van der Waals surface area contributed by atoms with Gasteiger partial charge in [0.1, 0.15) is 0 Å². The second-order valence-electron chi connectivity index (χ2n) is 5.51. The molecule has 3 heteroatoms.